The molecular formula is C33H40F3N9O6. The molecule has 3 atom stereocenters. The lowest BCUT2D eigenvalue weighted by Gasteiger charge is -2.24. The number of carbonyl (C=O) groups is 4. The normalized spacial score (nSPS) is 12.5. The Balaban J connectivity index is 0.00000116. The molecule has 0 saturated carbocycles. The second-order valence-corrected chi connectivity index (χ2v) is 10.9. The van der Waals surface area contributed by atoms with E-state index >= 15 is 0 Å². The molecule has 1 unspecified atom stereocenters. The molecule has 0 radical (unpaired) electrons. The van der Waals surface area contributed by atoms with Crippen molar-refractivity contribution in [1.82, 2.24) is 15.6 Å². The fourth-order valence-electron chi connectivity index (χ4n) is 4.39. The zero-order valence-electron chi connectivity index (χ0n) is 27.3. The maximum atomic E-state index is 13.8. The predicted molar refractivity (Wildman–Crippen MR) is 181 cm³/mol. The van der Waals surface area contributed by atoms with Crippen molar-refractivity contribution < 1.29 is 42.2 Å². The molecule has 0 aliphatic carbocycles. The Kier molecular flexibility index (Phi) is 16.5. The number of primary amides is 1. The van der Waals surface area contributed by atoms with Gasteiger partial charge in [-0.3, -0.25) is 29.8 Å². The van der Waals surface area contributed by atoms with E-state index in [1.165, 1.54) is 0 Å². The third-order valence-corrected chi connectivity index (χ3v) is 6.98. The molecule has 2 aromatic carbocycles. The zero-order valence-corrected chi connectivity index (χ0v) is 27.3. The van der Waals surface area contributed by atoms with Crippen molar-refractivity contribution in [2.24, 2.45) is 27.9 Å². The highest BCUT2D eigenvalue weighted by Gasteiger charge is 2.38. The van der Waals surface area contributed by atoms with Gasteiger partial charge in [-0.2, -0.15) is 13.2 Å². The van der Waals surface area contributed by atoms with E-state index in [0.29, 0.717) is 17.5 Å². The summed E-state index contributed by atoms with van der Waals surface area (Å²) in [6, 6.07) is 17.7. The number of hydrogen-bond acceptors (Lipinski definition) is 8. The molecule has 18 heteroatoms. The summed E-state index contributed by atoms with van der Waals surface area (Å²) in [5.41, 5.74) is 24.7. The molecule has 0 aliphatic rings. The van der Waals surface area contributed by atoms with Crippen molar-refractivity contribution in [3.8, 4) is 0 Å². The van der Waals surface area contributed by atoms with Gasteiger partial charge in [-0.25, -0.2) is 4.79 Å². The first-order chi connectivity index (χ1) is 24.1. The van der Waals surface area contributed by atoms with Gasteiger partial charge in [0, 0.05) is 24.5 Å². The number of halogens is 3. The summed E-state index contributed by atoms with van der Waals surface area (Å²) >= 11 is 0. The number of amidine groups is 1. The number of amides is 3. The Morgan fingerprint density at radius 2 is 1.51 bits per heavy atom. The summed E-state index contributed by atoms with van der Waals surface area (Å²) < 4.78 is 37.6. The fraction of sp³-hybridized carbons (Fsp3) is 0.303. The number of carboxylic acids is 1. The van der Waals surface area contributed by atoms with Crippen LogP contribution < -0.4 is 33.6 Å². The molecular weight excluding hydrogens is 675 g/mol. The summed E-state index contributed by atoms with van der Waals surface area (Å²) in [6.45, 7) is 0.286. The lowest BCUT2D eigenvalue weighted by Crippen LogP contribution is -2.55. The van der Waals surface area contributed by atoms with E-state index in [4.69, 9.17) is 43.0 Å². The van der Waals surface area contributed by atoms with Gasteiger partial charge < -0.3 is 43.4 Å². The van der Waals surface area contributed by atoms with Gasteiger partial charge in [-0.1, -0.05) is 60.7 Å². The standard InChI is InChI=1S/C31H39N9O4.C2HF3O2/c32-27(33)22-12-10-20(11-13-22)16-24(23-8-4-14-37-17-23)29(42)40-26(19-44-18-21-6-2-1-3-7-21)30(43)39-25(28(34)41)9-5-15-38-31(35)36;3-2(4,5)1(6)7/h1-4,6-8,10-14,17,24-26H,5,9,15-16,18-19H2,(H3,32,33)(H2,34,41)(H,39,43)(H,40,42)(H4,35,36,38);(H,6,7)/t24?,25-,26-;/m0./s1. The number of carboxylic acid groups (broad SMARTS) is 1. The molecule has 3 amide bonds. The molecule has 0 aliphatic heterocycles. The van der Waals surface area contributed by atoms with Crippen LogP contribution in [0.4, 0.5) is 13.2 Å². The molecule has 1 heterocycles. The lowest BCUT2D eigenvalue weighted by molar-refractivity contribution is -0.192. The van der Waals surface area contributed by atoms with Crippen LogP contribution in [-0.2, 0) is 36.9 Å². The number of aliphatic carboxylic acids is 1. The Hall–Kier alpha value is -6.04. The molecule has 0 fully saturated rings. The highest BCUT2D eigenvalue weighted by molar-refractivity contribution is 5.95. The van der Waals surface area contributed by atoms with Crippen LogP contribution in [0.2, 0.25) is 0 Å². The maximum absolute atomic E-state index is 13.8. The molecule has 1 aromatic heterocycles. The largest absolute Gasteiger partial charge is 0.490 e. The number of pyridine rings is 1. The number of nitrogens with zero attached hydrogens (tertiary/aromatic N) is 2. The molecule has 0 spiro atoms. The van der Waals surface area contributed by atoms with Crippen molar-refractivity contribution in [2.45, 2.75) is 50.0 Å². The Morgan fingerprint density at radius 3 is 2.04 bits per heavy atom. The van der Waals surface area contributed by atoms with Crippen LogP contribution in [0.25, 0.3) is 0 Å². The second kappa shape index (κ2) is 20.5. The molecule has 3 rings (SSSR count). The van der Waals surface area contributed by atoms with Crippen molar-refractivity contribution in [1.29, 1.82) is 5.41 Å². The SMILES string of the molecule is N=C(N)c1ccc(CC(C(=O)N[C@@H](COCc2ccccc2)C(=O)N[C@@H](CCCN=C(N)N)C(N)=O)c2cccnc2)cc1.O=C(O)C(F)(F)F. The third kappa shape index (κ3) is 15.4. The molecule has 274 valence electrons. The van der Waals surface area contributed by atoms with Crippen molar-refractivity contribution >= 4 is 35.5 Å². The average Bonchev–Trinajstić information content (AvgIpc) is 3.08. The second-order valence-electron chi connectivity index (χ2n) is 10.9. The minimum atomic E-state index is -5.08. The predicted octanol–water partition coefficient (Wildman–Crippen LogP) is 1.05. The minimum absolute atomic E-state index is 0.0621. The lowest BCUT2D eigenvalue weighted by atomic mass is 9.91. The van der Waals surface area contributed by atoms with Gasteiger partial charge in [0.05, 0.1) is 19.1 Å². The maximum Gasteiger partial charge on any atom is 0.490 e. The van der Waals surface area contributed by atoms with Crippen molar-refractivity contribution in [2.75, 3.05) is 13.2 Å². The number of ether oxygens (including phenoxy) is 1. The van der Waals surface area contributed by atoms with Crippen LogP contribution in [0.5, 0.6) is 0 Å². The number of nitrogens with one attached hydrogen (secondary N) is 3. The number of guanidine groups is 1. The summed E-state index contributed by atoms with van der Waals surface area (Å²) in [5.74, 6) is -5.43. The quantitative estimate of drug-likeness (QED) is 0.0559. The number of aliphatic imine (C=N–C) groups is 1. The van der Waals surface area contributed by atoms with Crippen LogP contribution in [0.1, 0.15) is 41.0 Å². The van der Waals surface area contributed by atoms with Gasteiger partial charge in [-0.15, -0.1) is 0 Å². The first kappa shape index (κ1) is 41.1. The topological polar surface area (TPSA) is 275 Å². The van der Waals surface area contributed by atoms with E-state index in [2.05, 4.69) is 20.6 Å². The summed E-state index contributed by atoms with van der Waals surface area (Å²) in [4.78, 5) is 56.4. The zero-order chi connectivity index (χ0) is 38.0. The number of rotatable bonds is 17. The number of nitrogens with two attached hydrogens (primary N) is 4. The van der Waals surface area contributed by atoms with Crippen LogP contribution in [0.15, 0.2) is 84.1 Å². The number of nitrogen functional groups attached to an aromatic ring is 1. The van der Waals surface area contributed by atoms with Crippen LogP contribution in [0.3, 0.4) is 0 Å². The van der Waals surface area contributed by atoms with Crippen molar-refractivity contribution in [3.63, 3.8) is 0 Å². The molecule has 3 aromatic rings. The molecule has 12 N–H and O–H groups in total. The average molecular weight is 716 g/mol. The van der Waals surface area contributed by atoms with E-state index in [1.54, 1.807) is 48.8 Å². The van der Waals surface area contributed by atoms with Crippen LogP contribution in [-0.4, -0.2) is 77.0 Å². The fourth-order valence-corrected chi connectivity index (χ4v) is 4.39. The van der Waals surface area contributed by atoms with Gasteiger partial charge in [-0.05, 0) is 42.0 Å². The summed E-state index contributed by atoms with van der Waals surface area (Å²) in [6.07, 6.45) is -1.03. The minimum Gasteiger partial charge on any atom is -0.475 e. The molecule has 0 bridgehead atoms. The smallest absolute Gasteiger partial charge is 0.475 e. The number of carbonyl (C=O) groups excluding carboxylic acids is 3. The third-order valence-electron chi connectivity index (χ3n) is 6.98. The Bertz CT molecular complexity index is 1620. The van der Waals surface area contributed by atoms with Crippen molar-refractivity contribution in [3.05, 3.63) is 101 Å². The molecule has 0 saturated heterocycles. The van der Waals surface area contributed by atoms with Gasteiger partial charge in [0.2, 0.25) is 17.7 Å². The number of alkyl halides is 3. The van der Waals surface area contributed by atoms with Gasteiger partial charge >= 0.3 is 12.1 Å². The van der Waals surface area contributed by atoms with Gasteiger partial charge in [0.25, 0.3) is 0 Å². The molecule has 51 heavy (non-hydrogen) atoms. The van der Waals surface area contributed by atoms with Crippen LogP contribution >= 0.6 is 0 Å². The number of benzene rings is 2. The summed E-state index contributed by atoms with van der Waals surface area (Å²) in [7, 11) is 0. The molecule has 15 nitrogen and oxygen atoms in total. The highest BCUT2D eigenvalue weighted by Crippen LogP contribution is 2.22. The number of aromatic nitrogens is 1. The van der Waals surface area contributed by atoms with Gasteiger partial charge in [0.15, 0.2) is 5.96 Å². The Labute approximate surface area is 291 Å². The van der Waals surface area contributed by atoms with E-state index in [-0.39, 0.29) is 44.4 Å². The highest BCUT2D eigenvalue weighted by atomic mass is 19.4. The van der Waals surface area contributed by atoms with E-state index < -0.39 is 47.9 Å². The Morgan fingerprint density at radius 1 is 0.882 bits per heavy atom. The van der Waals surface area contributed by atoms with E-state index in [1.807, 2.05) is 30.3 Å². The first-order valence-corrected chi connectivity index (χ1v) is 15.3. The summed E-state index contributed by atoms with van der Waals surface area (Å²) in [5, 5.41) is 20.2. The first-order valence-electron chi connectivity index (χ1n) is 15.3. The van der Waals surface area contributed by atoms with E-state index in [9.17, 15) is 27.6 Å². The monoisotopic (exact) mass is 715 g/mol. The van der Waals surface area contributed by atoms with Gasteiger partial charge in [0.1, 0.15) is 17.9 Å². The number of hydrogen-bond donors (Lipinski definition) is 8. The van der Waals surface area contributed by atoms with E-state index in [0.717, 1.165) is 11.1 Å². The van der Waals surface area contributed by atoms with Crippen LogP contribution in [0, 0.1) is 5.41 Å².